The third-order valence-corrected chi connectivity index (χ3v) is 5.37. The van der Waals surface area contributed by atoms with E-state index in [1.54, 1.807) is 18.2 Å². The van der Waals surface area contributed by atoms with E-state index in [0.717, 1.165) is 22.4 Å². The minimum atomic E-state index is -0.241. The molecule has 1 N–H and O–H groups in total. The van der Waals surface area contributed by atoms with Crippen LogP contribution in [0.4, 0.5) is 4.39 Å². The van der Waals surface area contributed by atoms with Crippen LogP contribution in [-0.4, -0.2) is 22.0 Å². The van der Waals surface area contributed by atoms with Crippen LogP contribution in [-0.2, 0) is 24.2 Å². The number of rotatable bonds is 7. The third kappa shape index (κ3) is 4.52. The number of para-hydroxylation sites is 2. The maximum Gasteiger partial charge on any atom is 0.224 e. The average Bonchev–Trinajstić information content (AvgIpc) is 3.09. The SMILES string of the molecule is O=C(Cc1ccccc1Cl)NCCc1nc2ccccc2n1Cc1ccccc1F. The normalized spacial score (nSPS) is 11.0. The van der Waals surface area contributed by atoms with Gasteiger partial charge in [0.2, 0.25) is 5.91 Å². The zero-order valence-electron chi connectivity index (χ0n) is 16.3. The van der Waals surface area contributed by atoms with E-state index < -0.39 is 0 Å². The van der Waals surface area contributed by atoms with Crippen LogP contribution in [0.25, 0.3) is 11.0 Å². The van der Waals surface area contributed by atoms with Crippen LogP contribution in [0.1, 0.15) is 17.0 Å². The molecule has 30 heavy (non-hydrogen) atoms. The molecule has 6 heteroatoms. The maximum absolute atomic E-state index is 14.2. The van der Waals surface area contributed by atoms with Crippen molar-refractivity contribution in [3.8, 4) is 0 Å². The van der Waals surface area contributed by atoms with Gasteiger partial charge in [0.15, 0.2) is 0 Å². The predicted molar refractivity (Wildman–Crippen MR) is 117 cm³/mol. The van der Waals surface area contributed by atoms with Gasteiger partial charge in [-0.1, -0.05) is 60.1 Å². The van der Waals surface area contributed by atoms with Crippen LogP contribution in [0.5, 0.6) is 0 Å². The van der Waals surface area contributed by atoms with Crippen molar-refractivity contribution in [1.29, 1.82) is 0 Å². The summed E-state index contributed by atoms with van der Waals surface area (Å²) in [7, 11) is 0. The van der Waals surface area contributed by atoms with E-state index in [1.165, 1.54) is 6.07 Å². The maximum atomic E-state index is 14.2. The fraction of sp³-hybridized carbons (Fsp3) is 0.167. The fourth-order valence-electron chi connectivity index (χ4n) is 3.48. The molecule has 0 unspecified atom stereocenters. The zero-order valence-corrected chi connectivity index (χ0v) is 17.1. The number of nitrogens with one attached hydrogen (secondary N) is 1. The lowest BCUT2D eigenvalue weighted by Gasteiger charge is -2.11. The lowest BCUT2D eigenvalue weighted by Crippen LogP contribution is -2.28. The number of halogens is 2. The van der Waals surface area contributed by atoms with Gasteiger partial charge in [-0.3, -0.25) is 4.79 Å². The van der Waals surface area contributed by atoms with Gasteiger partial charge in [-0.25, -0.2) is 9.37 Å². The highest BCUT2D eigenvalue weighted by Crippen LogP contribution is 2.20. The van der Waals surface area contributed by atoms with E-state index in [2.05, 4.69) is 5.32 Å². The number of fused-ring (bicyclic) bond motifs is 1. The highest BCUT2D eigenvalue weighted by molar-refractivity contribution is 6.31. The summed E-state index contributed by atoms with van der Waals surface area (Å²) in [6.07, 6.45) is 0.767. The zero-order chi connectivity index (χ0) is 20.9. The fourth-order valence-corrected chi connectivity index (χ4v) is 3.68. The Morgan fingerprint density at radius 1 is 0.967 bits per heavy atom. The van der Waals surface area contributed by atoms with E-state index >= 15 is 0 Å². The highest BCUT2D eigenvalue weighted by atomic mass is 35.5. The molecule has 152 valence electrons. The topological polar surface area (TPSA) is 46.9 Å². The van der Waals surface area contributed by atoms with Crippen molar-refractivity contribution in [2.45, 2.75) is 19.4 Å². The molecule has 4 rings (SSSR count). The molecule has 1 aromatic heterocycles. The molecule has 1 amide bonds. The molecule has 0 saturated heterocycles. The first-order valence-electron chi connectivity index (χ1n) is 9.79. The largest absolute Gasteiger partial charge is 0.355 e. The number of hydrogen-bond donors (Lipinski definition) is 1. The van der Waals surface area contributed by atoms with Crippen LogP contribution >= 0.6 is 11.6 Å². The van der Waals surface area contributed by atoms with Crippen molar-refractivity contribution in [2.75, 3.05) is 6.54 Å². The summed E-state index contributed by atoms with van der Waals surface area (Å²) >= 11 is 6.13. The molecule has 0 radical (unpaired) electrons. The number of benzene rings is 3. The second-order valence-corrected chi connectivity index (χ2v) is 7.47. The van der Waals surface area contributed by atoms with Gasteiger partial charge < -0.3 is 9.88 Å². The Kier molecular flexibility index (Phi) is 6.10. The molecule has 4 aromatic rings. The van der Waals surface area contributed by atoms with E-state index in [4.69, 9.17) is 16.6 Å². The van der Waals surface area contributed by atoms with Gasteiger partial charge in [-0.05, 0) is 29.8 Å². The number of imidazole rings is 1. The number of carbonyl (C=O) groups is 1. The summed E-state index contributed by atoms with van der Waals surface area (Å²) in [5.74, 6) is 0.464. The predicted octanol–water partition coefficient (Wildman–Crippen LogP) is 4.78. The van der Waals surface area contributed by atoms with Gasteiger partial charge in [0.25, 0.3) is 0 Å². The molecule has 0 spiro atoms. The van der Waals surface area contributed by atoms with E-state index in [9.17, 15) is 9.18 Å². The van der Waals surface area contributed by atoms with Gasteiger partial charge >= 0.3 is 0 Å². The van der Waals surface area contributed by atoms with Crippen LogP contribution in [0, 0.1) is 5.82 Å². The number of nitrogens with zero attached hydrogens (tertiary/aromatic N) is 2. The molecule has 0 bridgehead atoms. The van der Waals surface area contributed by atoms with Crippen molar-refractivity contribution in [3.63, 3.8) is 0 Å². The third-order valence-electron chi connectivity index (χ3n) is 5.00. The van der Waals surface area contributed by atoms with Gasteiger partial charge in [0.05, 0.1) is 24.0 Å². The summed E-state index contributed by atoms with van der Waals surface area (Å²) < 4.78 is 16.2. The molecular weight excluding hydrogens is 401 g/mol. The molecule has 3 aromatic carbocycles. The summed E-state index contributed by atoms with van der Waals surface area (Å²) in [5.41, 5.74) is 3.19. The van der Waals surface area contributed by atoms with Gasteiger partial charge in [-0.2, -0.15) is 0 Å². The first-order valence-corrected chi connectivity index (χ1v) is 10.2. The lowest BCUT2D eigenvalue weighted by molar-refractivity contribution is -0.120. The molecule has 0 aliphatic rings. The smallest absolute Gasteiger partial charge is 0.224 e. The summed E-state index contributed by atoms with van der Waals surface area (Å²) in [5, 5.41) is 3.51. The highest BCUT2D eigenvalue weighted by Gasteiger charge is 2.13. The first kappa shape index (κ1) is 20.1. The van der Waals surface area contributed by atoms with Gasteiger partial charge in [-0.15, -0.1) is 0 Å². The summed E-state index contributed by atoms with van der Waals surface area (Å²) in [4.78, 5) is 17.0. The van der Waals surface area contributed by atoms with E-state index in [0.29, 0.717) is 30.1 Å². The molecule has 0 aliphatic carbocycles. The Balaban J connectivity index is 1.48. The van der Waals surface area contributed by atoms with Crippen molar-refractivity contribution in [2.24, 2.45) is 0 Å². The molecule has 0 saturated carbocycles. The van der Waals surface area contributed by atoms with Crippen molar-refractivity contribution in [3.05, 3.63) is 101 Å². The molecule has 0 aliphatic heterocycles. The standard InChI is InChI=1S/C24H21ClFN3O/c25-19-9-3-1-7-17(19)15-24(30)27-14-13-23-28-21-11-5-6-12-22(21)29(23)16-18-8-2-4-10-20(18)26/h1-12H,13-16H2,(H,27,30). The number of hydrogen-bond acceptors (Lipinski definition) is 2. The molecule has 4 nitrogen and oxygen atoms in total. The van der Waals surface area contributed by atoms with Crippen molar-refractivity contribution < 1.29 is 9.18 Å². The Bertz CT molecular complexity index is 1190. The van der Waals surface area contributed by atoms with Gasteiger partial charge in [0, 0.05) is 23.6 Å². The van der Waals surface area contributed by atoms with Crippen LogP contribution < -0.4 is 5.32 Å². The molecule has 0 fully saturated rings. The summed E-state index contributed by atoms with van der Waals surface area (Å²) in [6, 6.07) is 21.8. The van der Waals surface area contributed by atoms with Crippen LogP contribution in [0.2, 0.25) is 5.02 Å². The molecule has 1 heterocycles. The van der Waals surface area contributed by atoms with Crippen molar-refractivity contribution >= 4 is 28.5 Å². The Labute approximate surface area is 179 Å². The molecule has 0 atom stereocenters. The molecular formula is C24H21ClFN3O. The Morgan fingerprint density at radius 2 is 1.67 bits per heavy atom. The van der Waals surface area contributed by atoms with E-state index in [-0.39, 0.29) is 18.1 Å². The minimum Gasteiger partial charge on any atom is -0.355 e. The van der Waals surface area contributed by atoms with Crippen LogP contribution in [0.15, 0.2) is 72.8 Å². The second-order valence-electron chi connectivity index (χ2n) is 7.06. The minimum absolute atomic E-state index is 0.0973. The number of aromatic nitrogens is 2. The van der Waals surface area contributed by atoms with E-state index in [1.807, 2.05) is 53.1 Å². The van der Waals surface area contributed by atoms with Gasteiger partial charge in [0.1, 0.15) is 11.6 Å². The second kappa shape index (κ2) is 9.09. The number of carbonyl (C=O) groups excluding carboxylic acids is 1. The number of amides is 1. The quantitative estimate of drug-likeness (QED) is 0.467. The Morgan fingerprint density at radius 3 is 2.47 bits per heavy atom. The monoisotopic (exact) mass is 421 g/mol. The summed E-state index contributed by atoms with van der Waals surface area (Å²) in [6.45, 7) is 0.819. The average molecular weight is 422 g/mol. The Hall–Kier alpha value is -3.18. The van der Waals surface area contributed by atoms with Crippen molar-refractivity contribution in [1.82, 2.24) is 14.9 Å². The lowest BCUT2D eigenvalue weighted by atomic mass is 10.1. The van der Waals surface area contributed by atoms with Crippen LogP contribution in [0.3, 0.4) is 0 Å². The first-order chi connectivity index (χ1) is 14.6.